The second-order valence-electron chi connectivity index (χ2n) is 5.11. The first-order valence-corrected chi connectivity index (χ1v) is 7.30. The van der Waals surface area contributed by atoms with Gasteiger partial charge in [0.15, 0.2) is 5.75 Å². The molecular formula is C17H22N2O2. The molecule has 0 aliphatic rings. The minimum atomic E-state index is -0.116. The van der Waals surface area contributed by atoms with Crippen molar-refractivity contribution in [1.29, 1.82) is 0 Å². The normalized spacial score (nSPS) is 12.1. The highest BCUT2D eigenvalue weighted by Gasteiger charge is 2.08. The predicted molar refractivity (Wildman–Crippen MR) is 84.7 cm³/mol. The van der Waals surface area contributed by atoms with Gasteiger partial charge in [0.1, 0.15) is 0 Å². The Morgan fingerprint density at radius 3 is 2.67 bits per heavy atom. The van der Waals surface area contributed by atoms with Crippen molar-refractivity contribution >= 4 is 0 Å². The zero-order valence-electron chi connectivity index (χ0n) is 12.4. The Bertz CT molecular complexity index is 608. The highest BCUT2D eigenvalue weighted by Crippen LogP contribution is 2.08. The molecule has 4 nitrogen and oxygen atoms in total. The molecule has 112 valence electrons. The summed E-state index contributed by atoms with van der Waals surface area (Å²) in [6.45, 7) is 2.88. The molecule has 1 atom stereocenters. The van der Waals surface area contributed by atoms with Crippen molar-refractivity contribution in [2.24, 2.45) is 5.73 Å². The van der Waals surface area contributed by atoms with E-state index < -0.39 is 0 Å². The summed E-state index contributed by atoms with van der Waals surface area (Å²) in [4.78, 5) is 12.2. The van der Waals surface area contributed by atoms with Gasteiger partial charge in [0, 0.05) is 18.8 Å². The van der Waals surface area contributed by atoms with Gasteiger partial charge in [-0.2, -0.15) is 0 Å². The van der Waals surface area contributed by atoms with Crippen LogP contribution in [0.15, 0.2) is 53.5 Å². The van der Waals surface area contributed by atoms with Gasteiger partial charge in [0.25, 0.3) is 5.56 Å². The van der Waals surface area contributed by atoms with Gasteiger partial charge < -0.3 is 15.0 Å². The molecule has 0 saturated carbocycles. The summed E-state index contributed by atoms with van der Waals surface area (Å²) in [6, 6.07) is 13.8. The zero-order valence-corrected chi connectivity index (χ0v) is 12.4. The van der Waals surface area contributed by atoms with Crippen LogP contribution in [0.4, 0.5) is 0 Å². The summed E-state index contributed by atoms with van der Waals surface area (Å²) in [5.74, 6) is 0.394. The molecular weight excluding hydrogens is 264 g/mol. The maximum absolute atomic E-state index is 12.2. The number of benzene rings is 1. The SMILES string of the molecule is CC(CN)n1cccc(OCCCc2ccccc2)c1=O. The lowest BCUT2D eigenvalue weighted by molar-refractivity contribution is 0.302. The van der Waals surface area contributed by atoms with E-state index in [1.807, 2.05) is 31.2 Å². The van der Waals surface area contributed by atoms with Crippen molar-refractivity contribution in [1.82, 2.24) is 4.57 Å². The van der Waals surface area contributed by atoms with Crippen molar-refractivity contribution in [3.63, 3.8) is 0 Å². The zero-order chi connectivity index (χ0) is 15.1. The van der Waals surface area contributed by atoms with Crippen molar-refractivity contribution in [2.75, 3.05) is 13.2 Å². The van der Waals surface area contributed by atoms with Crippen LogP contribution >= 0.6 is 0 Å². The Morgan fingerprint density at radius 2 is 1.95 bits per heavy atom. The first-order chi connectivity index (χ1) is 10.2. The predicted octanol–water partition coefficient (Wildman–Crippen LogP) is 2.38. The maximum Gasteiger partial charge on any atom is 0.293 e. The van der Waals surface area contributed by atoms with Gasteiger partial charge in [-0.3, -0.25) is 4.79 Å². The number of ether oxygens (including phenoxy) is 1. The Balaban J connectivity index is 1.90. The van der Waals surface area contributed by atoms with Gasteiger partial charge in [0.05, 0.1) is 6.61 Å². The third-order valence-corrected chi connectivity index (χ3v) is 3.47. The molecule has 0 aliphatic heterocycles. The summed E-state index contributed by atoms with van der Waals surface area (Å²) < 4.78 is 7.24. The Kier molecular flexibility index (Phi) is 5.58. The number of nitrogens with zero attached hydrogens (tertiary/aromatic N) is 1. The van der Waals surface area contributed by atoms with E-state index in [0.717, 1.165) is 12.8 Å². The molecule has 1 heterocycles. The molecule has 0 bridgehead atoms. The number of pyridine rings is 1. The van der Waals surface area contributed by atoms with Crippen LogP contribution in [-0.2, 0) is 6.42 Å². The Morgan fingerprint density at radius 1 is 1.19 bits per heavy atom. The molecule has 1 aromatic carbocycles. The van der Waals surface area contributed by atoms with Gasteiger partial charge in [-0.1, -0.05) is 30.3 Å². The molecule has 0 fully saturated rings. The van der Waals surface area contributed by atoms with Crippen LogP contribution in [0.2, 0.25) is 0 Å². The van der Waals surface area contributed by atoms with Crippen LogP contribution in [-0.4, -0.2) is 17.7 Å². The molecule has 21 heavy (non-hydrogen) atoms. The highest BCUT2D eigenvalue weighted by molar-refractivity contribution is 5.18. The number of aryl methyl sites for hydroxylation is 1. The van der Waals surface area contributed by atoms with Crippen LogP contribution in [0.25, 0.3) is 0 Å². The smallest absolute Gasteiger partial charge is 0.293 e. The second-order valence-corrected chi connectivity index (χ2v) is 5.11. The molecule has 0 saturated heterocycles. The first-order valence-electron chi connectivity index (χ1n) is 7.30. The summed E-state index contributed by atoms with van der Waals surface area (Å²) >= 11 is 0. The minimum absolute atomic E-state index is 0.0228. The van der Waals surface area contributed by atoms with Crippen molar-refractivity contribution in [3.05, 3.63) is 64.6 Å². The molecule has 0 aliphatic carbocycles. The summed E-state index contributed by atoms with van der Waals surface area (Å²) in [5.41, 5.74) is 6.77. The summed E-state index contributed by atoms with van der Waals surface area (Å²) in [7, 11) is 0. The van der Waals surface area contributed by atoms with E-state index in [-0.39, 0.29) is 11.6 Å². The average molecular weight is 286 g/mol. The third kappa shape index (κ3) is 4.20. The molecule has 2 aromatic rings. The number of aromatic nitrogens is 1. The maximum atomic E-state index is 12.2. The number of rotatable bonds is 7. The fourth-order valence-electron chi connectivity index (χ4n) is 2.16. The fourth-order valence-corrected chi connectivity index (χ4v) is 2.16. The minimum Gasteiger partial charge on any atom is -0.488 e. The molecule has 1 aromatic heterocycles. The number of hydrogen-bond donors (Lipinski definition) is 1. The standard InChI is InChI=1S/C17H22N2O2/c1-14(13-18)19-11-5-10-16(17(19)20)21-12-6-9-15-7-3-2-4-8-15/h2-5,7-8,10-11,14H,6,9,12-13,18H2,1H3. The highest BCUT2D eigenvalue weighted by atomic mass is 16.5. The fraction of sp³-hybridized carbons (Fsp3) is 0.353. The van der Waals surface area contributed by atoms with Crippen LogP contribution in [0.1, 0.15) is 24.9 Å². The van der Waals surface area contributed by atoms with E-state index in [2.05, 4.69) is 12.1 Å². The third-order valence-electron chi connectivity index (χ3n) is 3.47. The number of hydrogen-bond acceptors (Lipinski definition) is 3. The van der Waals surface area contributed by atoms with Crippen LogP contribution in [0.5, 0.6) is 5.75 Å². The van der Waals surface area contributed by atoms with E-state index in [9.17, 15) is 4.79 Å². The van der Waals surface area contributed by atoms with Crippen molar-refractivity contribution in [2.45, 2.75) is 25.8 Å². The molecule has 0 radical (unpaired) electrons. The second kappa shape index (κ2) is 7.64. The summed E-state index contributed by atoms with van der Waals surface area (Å²) in [6.07, 6.45) is 3.57. The van der Waals surface area contributed by atoms with E-state index in [1.54, 1.807) is 16.8 Å². The van der Waals surface area contributed by atoms with Crippen LogP contribution in [0, 0.1) is 0 Å². The van der Waals surface area contributed by atoms with Gasteiger partial charge >= 0.3 is 0 Å². The first kappa shape index (κ1) is 15.3. The number of nitrogens with two attached hydrogens (primary N) is 1. The largest absolute Gasteiger partial charge is 0.488 e. The summed E-state index contributed by atoms with van der Waals surface area (Å²) in [5, 5.41) is 0. The topological polar surface area (TPSA) is 57.2 Å². The van der Waals surface area contributed by atoms with Gasteiger partial charge in [0.2, 0.25) is 0 Å². The molecule has 2 rings (SSSR count). The van der Waals surface area contributed by atoms with Crippen molar-refractivity contribution in [3.8, 4) is 5.75 Å². The Hall–Kier alpha value is -2.07. The van der Waals surface area contributed by atoms with E-state index in [1.165, 1.54) is 5.56 Å². The Labute approximate surface area is 125 Å². The monoisotopic (exact) mass is 286 g/mol. The molecule has 0 amide bonds. The van der Waals surface area contributed by atoms with E-state index in [4.69, 9.17) is 10.5 Å². The van der Waals surface area contributed by atoms with Gasteiger partial charge in [-0.15, -0.1) is 0 Å². The molecule has 4 heteroatoms. The van der Waals surface area contributed by atoms with E-state index in [0.29, 0.717) is 18.9 Å². The molecule has 0 spiro atoms. The van der Waals surface area contributed by atoms with Crippen LogP contribution < -0.4 is 16.0 Å². The lowest BCUT2D eigenvalue weighted by Crippen LogP contribution is -2.28. The van der Waals surface area contributed by atoms with E-state index >= 15 is 0 Å². The van der Waals surface area contributed by atoms with Crippen molar-refractivity contribution < 1.29 is 4.74 Å². The average Bonchev–Trinajstić information content (AvgIpc) is 2.53. The quantitative estimate of drug-likeness (QED) is 0.795. The molecule has 2 N–H and O–H groups in total. The van der Waals surface area contributed by atoms with Crippen LogP contribution in [0.3, 0.4) is 0 Å². The van der Waals surface area contributed by atoms with Gasteiger partial charge in [-0.05, 0) is 37.5 Å². The lowest BCUT2D eigenvalue weighted by Gasteiger charge is -2.14. The lowest BCUT2D eigenvalue weighted by atomic mass is 10.1. The van der Waals surface area contributed by atoms with Gasteiger partial charge in [-0.25, -0.2) is 0 Å². The molecule has 1 unspecified atom stereocenters.